The Balaban J connectivity index is 2.13. The van der Waals surface area contributed by atoms with Gasteiger partial charge in [0.2, 0.25) is 0 Å². The molecule has 21 heavy (non-hydrogen) atoms. The summed E-state index contributed by atoms with van der Waals surface area (Å²) in [6.45, 7) is 1.54. The molecule has 0 spiro atoms. The first-order valence-electron chi connectivity index (χ1n) is 7.38. The lowest BCUT2D eigenvalue weighted by atomic mass is 10.0. The summed E-state index contributed by atoms with van der Waals surface area (Å²) in [6.07, 6.45) is -0.0277. The topological polar surface area (TPSA) is 33.3 Å². The summed E-state index contributed by atoms with van der Waals surface area (Å²) >= 11 is 0. The van der Waals surface area contributed by atoms with Gasteiger partial charge in [-0.25, -0.2) is 0 Å². The van der Waals surface area contributed by atoms with E-state index in [9.17, 15) is 0 Å². The van der Waals surface area contributed by atoms with E-state index in [-0.39, 0.29) is 6.10 Å². The van der Waals surface area contributed by atoms with E-state index >= 15 is 0 Å². The standard InChI is InChI=1S/C18H24N2O/c1-19-13-17(20-2)14-21-18(15-9-5-3-6-10-15)16-11-7-4-8-12-16/h3-12,17-20H,13-14H2,1-2H3. The average molecular weight is 284 g/mol. The predicted octanol–water partition coefficient (Wildman–Crippen LogP) is 2.60. The number of likely N-dealkylation sites (N-methyl/N-ethyl adjacent to an activating group) is 2. The fourth-order valence-corrected chi connectivity index (χ4v) is 2.34. The van der Waals surface area contributed by atoms with Crippen molar-refractivity contribution in [2.45, 2.75) is 12.1 Å². The number of hydrogen-bond donors (Lipinski definition) is 2. The van der Waals surface area contributed by atoms with Gasteiger partial charge in [0, 0.05) is 12.6 Å². The van der Waals surface area contributed by atoms with Gasteiger partial charge in [0.1, 0.15) is 6.10 Å². The first-order valence-corrected chi connectivity index (χ1v) is 7.38. The maximum Gasteiger partial charge on any atom is 0.108 e. The molecule has 1 unspecified atom stereocenters. The minimum atomic E-state index is -0.0277. The van der Waals surface area contributed by atoms with Crippen LogP contribution in [0.1, 0.15) is 17.2 Å². The van der Waals surface area contributed by atoms with Gasteiger partial charge in [-0.15, -0.1) is 0 Å². The Morgan fingerprint density at radius 1 is 0.857 bits per heavy atom. The minimum absolute atomic E-state index is 0.0277. The largest absolute Gasteiger partial charge is 0.367 e. The van der Waals surface area contributed by atoms with E-state index in [1.165, 1.54) is 11.1 Å². The van der Waals surface area contributed by atoms with Gasteiger partial charge in [0.25, 0.3) is 0 Å². The summed E-state index contributed by atoms with van der Waals surface area (Å²) in [6, 6.07) is 21.0. The molecule has 0 radical (unpaired) electrons. The summed E-state index contributed by atoms with van der Waals surface area (Å²) in [5.41, 5.74) is 2.37. The van der Waals surface area contributed by atoms with E-state index in [1.54, 1.807) is 0 Å². The van der Waals surface area contributed by atoms with Gasteiger partial charge in [0.15, 0.2) is 0 Å². The van der Waals surface area contributed by atoms with Crippen molar-refractivity contribution in [3.63, 3.8) is 0 Å². The lowest BCUT2D eigenvalue weighted by Crippen LogP contribution is -2.39. The van der Waals surface area contributed by atoms with Crippen LogP contribution in [0.4, 0.5) is 0 Å². The monoisotopic (exact) mass is 284 g/mol. The SMILES string of the molecule is CNCC(COC(c1ccccc1)c1ccccc1)NC. The first kappa shape index (κ1) is 15.7. The minimum Gasteiger partial charge on any atom is -0.367 e. The summed E-state index contributed by atoms with van der Waals surface area (Å²) in [4.78, 5) is 0. The van der Waals surface area contributed by atoms with Crippen molar-refractivity contribution in [3.8, 4) is 0 Å². The summed E-state index contributed by atoms with van der Waals surface area (Å²) in [5.74, 6) is 0. The first-order chi connectivity index (χ1) is 10.3. The predicted molar refractivity (Wildman–Crippen MR) is 87.5 cm³/mol. The van der Waals surface area contributed by atoms with Gasteiger partial charge in [-0.3, -0.25) is 0 Å². The van der Waals surface area contributed by atoms with Gasteiger partial charge in [-0.1, -0.05) is 60.7 Å². The quantitative estimate of drug-likeness (QED) is 0.782. The molecule has 3 nitrogen and oxygen atoms in total. The Morgan fingerprint density at radius 2 is 1.38 bits per heavy atom. The van der Waals surface area contributed by atoms with Crippen LogP contribution in [0, 0.1) is 0 Å². The van der Waals surface area contributed by atoms with Gasteiger partial charge in [-0.05, 0) is 25.2 Å². The molecule has 0 saturated carbocycles. The molecule has 112 valence electrons. The van der Waals surface area contributed by atoms with E-state index in [2.05, 4.69) is 59.2 Å². The molecule has 0 aliphatic carbocycles. The maximum atomic E-state index is 6.22. The fraction of sp³-hybridized carbons (Fsp3) is 0.333. The zero-order valence-corrected chi connectivity index (χ0v) is 12.8. The average Bonchev–Trinajstić information content (AvgIpc) is 2.56. The Hall–Kier alpha value is -1.68. The summed E-state index contributed by atoms with van der Waals surface area (Å²) in [7, 11) is 3.92. The smallest absolute Gasteiger partial charge is 0.108 e. The summed E-state index contributed by atoms with van der Waals surface area (Å²) < 4.78 is 6.22. The van der Waals surface area contributed by atoms with Crippen LogP contribution >= 0.6 is 0 Å². The van der Waals surface area contributed by atoms with Gasteiger partial charge >= 0.3 is 0 Å². The van der Waals surface area contributed by atoms with Crippen LogP contribution in [-0.2, 0) is 4.74 Å². The van der Waals surface area contributed by atoms with Crippen molar-refractivity contribution in [2.24, 2.45) is 0 Å². The van der Waals surface area contributed by atoms with Crippen molar-refractivity contribution < 1.29 is 4.74 Å². The molecule has 2 aromatic carbocycles. The fourth-order valence-electron chi connectivity index (χ4n) is 2.34. The van der Waals surface area contributed by atoms with E-state index < -0.39 is 0 Å². The Bertz CT molecular complexity index is 462. The normalized spacial score (nSPS) is 12.5. The number of benzene rings is 2. The van der Waals surface area contributed by atoms with Gasteiger partial charge in [-0.2, -0.15) is 0 Å². The zero-order chi connectivity index (χ0) is 14.9. The highest BCUT2D eigenvalue weighted by molar-refractivity contribution is 5.29. The molecule has 3 heteroatoms. The van der Waals surface area contributed by atoms with E-state index in [1.807, 2.05) is 26.2 Å². The molecule has 0 bridgehead atoms. The molecule has 1 atom stereocenters. The lowest BCUT2D eigenvalue weighted by molar-refractivity contribution is 0.0639. The second-order valence-electron chi connectivity index (χ2n) is 5.08. The van der Waals surface area contributed by atoms with Crippen LogP contribution in [0.15, 0.2) is 60.7 Å². The molecule has 0 saturated heterocycles. The Kier molecular flexibility index (Phi) is 6.41. The highest BCUT2D eigenvalue weighted by Crippen LogP contribution is 2.25. The van der Waals surface area contributed by atoms with Crippen LogP contribution in [0.2, 0.25) is 0 Å². The lowest BCUT2D eigenvalue weighted by Gasteiger charge is -2.23. The highest BCUT2D eigenvalue weighted by atomic mass is 16.5. The molecule has 0 fully saturated rings. The second kappa shape index (κ2) is 8.57. The summed E-state index contributed by atoms with van der Waals surface area (Å²) in [5, 5.41) is 6.45. The molecule has 0 heterocycles. The van der Waals surface area contributed by atoms with Crippen molar-refractivity contribution in [2.75, 3.05) is 27.2 Å². The Morgan fingerprint density at radius 3 is 1.81 bits per heavy atom. The second-order valence-corrected chi connectivity index (χ2v) is 5.08. The molecule has 2 N–H and O–H groups in total. The number of ether oxygens (including phenoxy) is 1. The molecule has 0 amide bonds. The molecule has 0 aromatic heterocycles. The number of rotatable bonds is 8. The van der Waals surface area contributed by atoms with Crippen molar-refractivity contribution in [1.82, 2.24) is 10.6 Å². The Labute approximate surface area is 127 Å². The van der Waals surface area contributed by atoms with E-state index in [0.717, 1.165) is 6.54 Å². The molecule has 2 aromatic rings. The molecular weight excluding hydrogens is 260 g/mol. The van der Waals surface area contributed by atoms with Gasteiger partial charge < -0.3 is 15.4 Å². The van der Waals surface area contributed by atoms with Gasteiger partial charge in [0.05, 0.1) is 6.61 Å². The molecular formula is C18H24N2O. The van der Waals surface area contributed by atoms with Crippen LogP contribution in [0.3, 0.4) is 0 Å². The third-order valence-corrected chi connectivity index (χ3v) is 3.53. The van der Waals surface area contributed by atoms with Crippen LogP contribution in [-0.4, -0.2) is 33.3 Å². The third kappa shape index (κ3) is 4.67. The van der Waals surface area contributed by atoms with Crippen molar-refractivity contribution in [1.29, 1.82) is 0 Å². The molecule has 2 rings (SSSR count). The van der Waals surface area contributed by atoms with E-state index in [4.69, 9.17) is 4.74 Å². The van der Waals surface area contributed by atoms with Crippen LogP contribution in [0.25, 0.3) is 0 Å². The molecule has 0 aliphatic heterocycles. The zero-order valence-electron chi connectivity index (χ0n) is 12.8. The highest BCUT2D eigenvalue weighted by Gasteiger charge is 2.16. The third-order valence-electron chi connectivity index (χ3n) is 3.53. The van der Waals surface area contributed by atoms with E-state index in [0.29, 0.717) is 12.6 Å². The number of nitrogens with one attached hydrogen (secondary N) is 2. The maximum absolute atomic E-state index is 6.22. The number of hydrogen-bond acceptors (Lipinski definition) is 3. The van der Waals surface area contributed by atoms with Crippen LogP contribution in [0.5, 0.6) is 0 Å². The molecule has 0 aliphatic rings. The van der Waals surface area contributed by atoms with Crippen molar-refractivity contribution >= 4 is 0 Å². The van der Waals surface area contributed by atoms with Crippen LogP contribution < -0.4 is 10.6 Å². The van der Waals surface area contributed by atoms with Crippen molar-refractivity contribution in [3.05, 3.63) is 71.8 Å².